The number of hydrogen-bond acceptors (Lipinski definition) is 4. The number of rotatable bonds is 0. The lowest BCUT2D eigenvalue weighted by Gasteiger charge is -2.24. The monoisotopic (exact) mass is 264 g/mol. The number of carbonyl (C=O) groups excluding carboxylic acids is 1. The number of epoxide rings is 1. The first kappa shape index (κ1) is 12.9. The maximum Gasteiger partial charge on any atom is 0.334 e. The van der Waals surface area contributed by atoms with E-state index in [2.05, 4.69) is 13.5 Å². The highest BCUT2D eigenvalue weighted by Gasteiger charge is 2.56. The van der Waals surface area contributed by atoms with Gasteiger partial charge in [-0.2, -0.15) is 0 Å². The molecule has 0 aromatic heterocycles. The van der Waals surface area contributed by atoms with Crippen molar-refractivity contribution in [3.05, 3.63) is 23.8 Å². The van der Waals surface area contributed by atoms with Crippen LogP contribution >= 0.6 is 0 Å². The first-order valence-electron chi connectivity index (χ1n) is 6.84. The first-order valence-corrected chi connectivity index (χ1v) is 6.84. The molecule has 0 bridgehead atoms. The molecule has 0 amide bonds. The number of aliphatic hydroxyl groups is 1. The number of ether oxygens (including phenoxy) is 2. The van der Waals surface area contributed by atoms with Crippen molar-refractivity contribution >= 4 is 5.97 Å². The van der Waals surface area contributed by atoms with E-state index >= 15 is 0 Å². The van der Waals surface area contributed by atoms with E-state index in [9.17, 15) is 9.90 Å². The van der Waals surface area contributed by atoms with Gasteiger partial charge >= 0.3 is 5.97 Å². The Balaban J connectivity index is 1.92. The number of carbonyl (C=O) groups is 1. The summed E-state index contributed by atoms with van der Waals surface area (Å²) < 4.78 is 11.1. The normalized spacial score (nSPS) is 48.7. The zero-order chi connectivity index (χ0) is 13.8. The maximum atomic E-state index is 11.7. The molecule has 4 heteroatoms. The quantitative estimate of drug-likeness (QED) is 0.313. The molecule has 5 atom stereocenters. The molecule has 2 saturated heterocycles. The van der Waals surface area contributed by atoms with Gasteiger partial charge in [0.25, 0.3) is 0 Å². The van der Waals surface area contributed by atoms with Gasteiger partial charge < -0.3 is 14.6 Å². The van der Waals surface area contributed by atoms with E-state index in [1.54, 1.807) is 0 Å². The van der Waals surface area contributed by atoms with Crippen molar-refractivity contribution in [3.63, 3.8) is 0 Å². The van der Waals surface area contributed by atoms with Crippen molar-refractivity contribution in [3.8, 4) is 0 Å². The SMILES string of the molecule is C=C1C(=O)O[C@@H]2C[C@]3(C)O[C@@H]3CC/C(C)=C/[C@@H](O)[C@H]12. The van der Waals surface area contributed by atoms with Gasteiger partial charge in [0.1, 0.15) is 6.10 Å². The summed E-state index contributed by atoms with van der Waals surface area (Å²) >= 11 is 0. The van der Waals surface area contributed by atoms with Crippen LogP contribution in [0.1, 0.15) is 33.1 Å². The van der Waals surface area contributed by atoms with Crippen molar-refractivity contribution in [1.82, 2.24) is 0 Å². The minimum absolute atomic E-state index is 0.217. The molecule has 0 aromatic rings. The van der Waals surface area contributed by atoms with Crippen LogP contribution in [0.15, 0.2) is 23.8 Å². The van der Waals surface area contributed by atoms with E-state index in [1.165, 1.54) is 0 Å². The Bertz CT molecular complexity index is 467. The van der Waals surface area contributed by atoms with Crippen LogP contribution in [0.25, 0.3) is 0 Å². The van der Waals surface area contributed by atoms with Gasteiger partial charge in [-0.3, -0.25) is 0 Å². The largest absolute Gasteiger partial charge is 0.458 e. The highest BCUT2D eigenvalue weighted by Crippen LogP contribution is 2.47. The molecule has 3 aliphatic rings. The Labute approximate surface area is 113 Å². The second-order valence-electron chi connectivity index (χ2n) is 6.16. The molecular formula is C15H20O4. The van der Waals surface area contributed by atoms with Gasteiger partial charge in [-0.15, -0.1) is 0 Å². The summed E-state index contributed by atoms with van der Waals surface area (Å²) in [5, 5.41) is 10.3. The van der Waals surface area contributed by atoms with E-state index < -0.39 is 6.10 Å². The van der Waals surface area contributed by atoms with Crippen molar-refractivity contribution in [2.24, 2.45) is 5.92 Å². The molecule has 0 spiro atoms. The van der Waals surface area contributed by atoms with Crippen LogP contribution in [0.3, 0.4) is 0 Å². The molecule has 2 fully saturated rings. The van der Waals surface area contributed by atoms with Crippen LogP contribution in [0.2, 0.25) is 0 Å². The van der Waals surface area contributed by atoms with Crippen LogP contribution in [0.4, 0.5) is 0 Å². The summed E-state index contributed by atoms with van der Waals surface area (Å²) in [5.41, 5.74) is 1.28. The molecule has 1 N–H and O–H groups in total. The van der Waals surface area contributed by atoms with Crippen LogP contribution in [-0.4, -0.2) is 35.0 Å². The minimum atomic E-state index is -0.706. The van der Waals surface area contributed by atoms with Crippen molar-refractivity contribution in [2.75, 3.05) is 0 Å². The fourth-order valence-corrected chi connectivity index (χ4v) is 3.31. The van der Waals surface area contributed by atoms with E-state index in [0.29, 0.717) is 12.0 Å². The molecular weight excluding hydrogens is 244 g/mol. The van der Waals surface area contributed by atoms with E-state index in [4.69, 9.17) is 9.47 Å². The lowest BCUT2D eigenvalue weighted by atomic mass is 9.83. The summed E-state index contributed by atoms with van der Waals surface area (Å²) in [4.78, 5) is 11.7. The molecule has 0 radical (unpaired) electrons. The average Bonchev–Trinajstić information content (AvgIpc) is 2.87. The van der Waals surface area contributed by atoms with Crippen LogP contribution in [-0.2, 0) is 14.3 Å². The van der Waals surface area contributed by atoms with Gasteiger partial charge in [-0.25, -0.2) is 4.79 Å². The van der Waals surface area contributed by atoms with Crippen molar-refractivity contribution < 1.29 is 19.4 Å². The topological polar surface area (TPSA) is 59.1 Å². The van der Waals surface area contributed by atoms with Crippen LogP contribution in [0, 0.1) is 5.92 Å². The number of allylic oxidation sites excluding steroid dienone is 1. The maximum absolute atomic E-state index is 11.7. The molecule has 1 aliphatic carbocycles. The molecule has 19 heavy (non-hydrogen) atoms. The highest BCUT2D eigenvalue weighted by atomic mass is 16.6. The van der Waals surface area contributed by atoms with Crippen LogP contribution < -0.4 is 0 Å². The van der Waals surface area contributed by atoms with Gasteiger partial charge in [-0.1, -0.05) is 18.2 Å². The first-order chi connectivity index (χ1) is 8.90. The summed E-state index contributed by atoms with van der Waals surface area (Å²) in [6, 6.07) is 0. The molecule has 2 aliphatic heterocycles. The number of aliphatic hydroxyl groups excluding tert-OH is 1. The zero-order valence-electron chi connectivity index (χ0n) is 11.4. The lowest BCUT2D eigenvalue weighted by Crippen LogP contribution is -2.32. The molecule has 0 aromatic carbocycles. The highest BCUT2D eigenvalue weighted by molar-refractivity contribution is 5.91. The Morgan fingerprint density at radius 2 is 2.26 bits per heavy atom. The molecule has 0 unspecified atom stereocenters. The van der Waals surface area contributed by atoms with Crippen molar-refractivity contribution in [1.29, 1.82) is 0 Å². The van der Waals surface area contributed by atoms with Gasteiger partial charge in [0.05, 0.1) is 23.7 Å². The van der Waals surface area contributed by atoms with E-state index in [0.717, 1.165) is 18.4 Å². The Morgan fingerprint density at radius 1 is 1.53 bits per heavy atom. The third kappa shape index (κ3) is 2.13. The summed E-state index contributed by atoms with van der Waals surface area (Å²) in [7, 11) is 0. The Hall–Kier alpha value is -1.13. The molecule has 0 saturated carbocycles. The van der Waals surface area contributed by atoms with Crippen molar-refractivity contribution in [2.45, 2.75) is 57.0 Å². The molecule has 3 rings (SSSR count). The standard InChI is InChI=1S/C15H20O4/c1-8-4-5-12-15(3,19-12)7-11-13(10(16)6-8)9(2)14(17)18-11/h6,10-13,16H,2,4-5,7H2,1,3H3/b8-6+/t10-,11-,12-,13+,15+/m1/s1. The number of fused-ring (bicyclic) bond motifs is 2. The Morgan fingerprint density at radius 3 is 3.00 bits per heavy atom. The third-order valence-corrected chi connectivity index (χ3v) is 4.59. The predicted molar refractivity (Wildman–Crippen MR) is 69.4 cm³/mol. The van der Waals surface area contributed by atoms with Gasteiger partial charge in [0.15, 0.2) is 0 Å². The molecule has 104 valence electrons. The summed E-state index contributed by atoms with van der Waals surface area (Å²) in [6.07, 6.45) is 3.54. The molecule has 4 nitrogen and oxygen atoms in total. The number of hydrogen-bond donors (Lipinski definition) is 1. The van der Waals surface area contributed by atoms with Gasteiger partial charge in [0, 0.05) is 12.0 Å². The second kappa shape index (κ2) is 4.18. The fourth-order valence-electron chi connectivity index (χ4n) is 3.31. The van der Waals surface area contributed by atoms with Crippen LogP contribution in [0.5, 0.6) is 0 Å². The third-order valence-electron chi connectivity index (χ3n) is 4.59. The lowest BCUT2D eigenvalue weighted by molar-refractivity contribution is -0.140. The number of esters is 1. The summed E-state index contributed by atoms with van der Waals surface area (Å²) in [5.74, 6) is -0.734. The fraction of sp³-hybridized carbons (Fsp3) is 0.667. The van der Waals surface area contributed by atoms with Gasteiger partial charge in [-0.05, 0) is 26.7 Å². The van der Waals surface area contributed by atoms with E-state index in [1.807, 2.05) is 13.0 Å². The minimum Gasteiger partial charge on any atom is -0.458 e. The second-order valence-corrected chi connectivity index (χ2v) is 6.16. The van der Waals surface area contributed by atoms with E-state index in [-0.39, 0.29) is 29.7 Å². The summed E-state index contributed by atoms with van der Waals surface area (Å²) in [6.45, 7) is 7.83. The Kier molecular flexibility index (Phi) is 2.84. The average molecular weight is 264 g/mol. The smallest absolute Gasteiger partial charge is 0.334 e. The predicted octanol–water partition coefficient (Wildman–Crippen LogP) is 1.73. The zero-order valence-corrected chi connectivity index (χ0v) is 11.4. The molecule has 2 heterocycles. The van der Waals surface area contributed by atoms with Gasteiger partial charge in [0.2, 0.25) is 0 Å².